The molecule has 0 atom stereocenters. The Balaban J connectivity index is 1.57. The van der Waals surface area contributed by atoms with E-state index in [1.807, 2.05) is 36.4 Å². The van der Waals surface area contributed by atoms with Crippen LogP contribution in [0, 0.1) is 6.92 Å². The summed E-state index contributed by atoms with van der Waals surface area (Å²) >= 11 is 0. The largest absolute Gasteiger partial charge is 0.360 e. The molecule has 6 nitrogen and oxygen atoms in total. The van der Waals surface area contributed by atoms with Crippen molar-refractivity contribution >= 4 is 11.7 Å². The molecule has 1 aromatic carbocycles. The van der Waals surface area contributed by atoms with Gasteiger partial charge in [-0.1, -0.05) is 40.6 Å². The lowest BCUT2D eigenvalue weighted by atomic mass is 10.0. The molecule has 6 heteroatoms. The quantitative estimate of drug-likeness (QED) is 0.799. The van der Waals surface area contributed by atoms with E-state index in [0.29, 0.717) is 23.0 Å². The summed E-state index contributed by atoms with van der Waals surface area (Å²) in [6.45, 7) is 1.78. The van der Waals surface area contributed by atoms with Crippen molar-refractivity contribution in [1.82, 2.24) is 10.3 Å². The molecule has 2 heterocycles. The molecule has 1 aliphatic carbocycles. The predicted molar refractivity (Wildman–Crippen MR) is 82.7 cm³/mol. The second kappa shape index (κ2) is 5.08. The van der Waals surface area contributed by atoms with E-state index in [-0.39, 0.29) is 5.91 Å². The van der Waals surface area contributed by atoms with Crippen molar-refractivity contribution in [3.63, 3.8) is 0 Å². The van der Waals surface area contributed by atoms with Gasteiger partial charge in [-0.05, 0) is 19.8 Å². The fourth-order valence-electron chi connectivity index (χ4n) is 2.62. The first-order valence-electron chi connectivity index (χ1n) is 7.45. The lowest BCUT2D eigenvalue weighted by Crippen LogP contribution is -2.28. The Morgan fingerprint density at radius 1 is 1.13 bits per heavy atom. The number of aromatic nitrogens is 2. The minimum atomic E-state index is -0.622. The van der Waals surface area contributed by atoms with Crippen molar-refractivity contribution in [2.75, 3.05) is 5.32 Å². The average Bonchev–Trinajstić information content (AvgIpc) is 3.04. The number of aryl methyl sites for hydroxylation is 1. The van der Waals surface area contributed by atoms with Gasteiger partial charge < -0.3 is 14.4 Å². The molecule has 116 valence electrons. The number of rotatable bonds is 4. The van der Waals surface area contributed by atoms with E-state index in [0.717, 1.165) is 18.4 Å². The SMILES string of the molecule is Cc1cc(NC(=O)C2(c3cc(-c4ccccc4)on3)CC2)no1. The molecule has 23 heavy (non-hydrogen) atoms. The highest BCUT2D eigenvalue weighted by molar-refractivity contribution is 6.00. The van der Waals surface area contributed by atoms with Crippen LogP contribution >= 0.6 is 0 Å². The smallest absolute Gasteiger partial charge is 0.238 e. The molecule has 0 bridgehead atoms. The zero-order chi connectivity index (χ0) is 15.9. The Labute approximate surface area is 132 Å². The van der Waals surface area contributed by atoms with Crippen molar-refractivity contribution in [2.24, 2.45) is 0 Å². The number of hydrogen-bond acceptors (Lipinski definition) is 5. The van der Waals surface area contributed by atoms with Gasteiger partial charge >= 0.3 is 0 Å². The number of hydrogen-bond donors (Lipinski definition) is 1. The van der Waals surface area contributed by atoms with Gasteiger partial charge in [-0.15, -0.1) is 0 Å². The highest BCUT2D eigenvalue weighted by Gasteiger charge is 2.54. The number of benzene rings is 1. The molecule has 0 spiro atoms. The van der Waals surface area contributed by atoms with Gasteiger partial charge in [0.25, 0.3) is 0 Å². The van der Waals surface area contributed by atoms with Crippen LogP contribution < -0.4 is 5.32 Å². The first kappa shape index (κ1) is 13.8. The summed E-state index contributed by atoms with van der Waals surface area (Å²) in [5, 5.41) is 10.7. The fourth-order valence-corrected chi connectivity index (χ4v) is 2.62. The third-order valence-corrected chi connectivity index (χ3v) is 4.11. The molecule has 0 saturated heterocycles. The van der Waals surface area contributed by atoms with Gasteiger partial charge in [-0.3, -0.25) is 4.79 Å². The van der Waals surface area contributed by atoms with Crippen LogP contribution in [0.2, 0.25) is 0 Å². The minimum absolute atomic E-state index is 0.126. The first-order valence-corrected chi connectivity index (χ1v) is 7.45. The average molecular weight is 309 g/mol. The molecular formula is C17H15N3O3. The second-order valence-electron chi connectivity index (χ2n) is 5.80. The molecular weight excluding hydrogens is 294 g/mol. The van der Waals surface area contributed by atoms with Crippen molar-refractivity contribution in [2.45, 2.75) is 25.2 Å². The molecule has 1 aliphatic rings. The van der Waals surface area contributed by atoms with E-state index in [1.165, 1.54) is 0 Å². The number of nitrogens with zero attached hydrogens (tertiary/aromatic N) is 2. The van der Waals surface area contributed by atoms with E-state index in [2.05, 4.69) is 15.6 Å². The van der Waals surface area contributed by atoms with Gasteiger partial charge in [0.15, 0.2) is 11.6 Å². The van der Waals surface area contributed by atoms with Crippen LogP contribution in [-0.2, 0) is 10.2 Å². The van der Waals surface area contributed by atoms with Crippen LogP contribution in [0.5, 0.6) is 0 Å². The van der Waals surface area contributed by atoms with Gasteiger partial charge in [0.1, 0.15) is 5.76 Å². The number of amides is 1. The minimum Gasteiger partial charge on any atom is -0.360 e. The molecule has 0 unspecified atom stereocenters. The maximum atomic E-state index is 12.6. The Kier molecular flexibility index (Phi) is 3.04. The van der Waals surface area contributed by atoms with Gasteiger partial charge in [-0.25, -0.2) is 0 Å². The van der Waals surface area contributed by atoms with E-state index in [1.54, 1.807) is 13.0 Å². The zero-order valence-corrected chi connectivity index (χ0v) is 12.6. The Bertz CT molecular complexity index is 847. The zero-order valence-electron chi connectivity index (χ0n) is 12.6. The summed E-state index contributed by atoms with van der Waals surface area (Å²) in [5.74, 6) is 1.61. The van der Waals surface area contributed by atoms with Gasteiger partial charge in [0.2, 0.25) is 5.91 Å². The first-order chi connectivity index (χ1) is 11.2. The van der Waals surface area contributed by atoms with Crippen LogP contribution in [0.15, 0.2) is 51.5 Å². The Hall–Kier alpha value is -2.89. The molecule has 1 fully saturated rings. The molecule has 1 amide bonds. The monoisotopic (exact) mass is 309 g/mol. The number of nitrogens with one attached hydrogen (secondary N) is 1. The van der Waals surface area contributed by atoms with E-state index in [9.17, 15) is 4.79 Å². The van der Waals surface area contributed by atoms with Crippen LogP contribution in [-0.4, -0.2) is 16.2 Å². The second-order valence-corrected chi connectivity index (χ2v) is 5.80. The topological polar surface area (TPSA) is 81.2 Å². The highest BCUT2D eigenvalue weighted by atomic mass is 16.5. The van der Waals surface area contributed by atoms with E-state index < -0.39 is 5.41 Å². The van der Waals surface area contributed by atoms with Crippen molar-refractivity contribution in [3.8, 4) is 11.3 Å². The maximum absolute atomic E-state index is 12.6. The summed E-state index contributed by atoms with van der Waals surface area (Å²) in [4.78, 5) is 12.6. The van der Waals surface area contributed by atoms with E-state index >= 15 is 0 Å². The lowest BCUT2D eigenvalue weighted by Gasteiger charge is -2.09. The lowest BCUT2D eigenvalue weighted by molar-refractivity contribution is -0.118. The Morgan fingerprint density at radius 3 is 2.57 bits per heavy atom. The van der Waals surface area contributed by atoms with Crippen LogP contribution in [0.1, 0.15) is 24.3 Å². The van der Waals surface area contributed by atoms with E-state index in [4.69, 9.17) is 9.05 Å². The number of carbonyl (C=O) groups excluding carboxylic acids is 1. The summed E-state index contributed by atoms with van der Waals surface area (Å²) < 4.78 is 10.4. The third kappa shape index (κ3) is 2.42. The van der Waals surface area contributed by atoms with Crippen molar-refractivity contribution in [1.29, 1.82) is 0 Å². The van der Waals surface area contributed by atoms with Crippen LogP contribution in [0.4, 0.5) is 5.82 Å². The summed E-state index contributed by atoms with van der Waals surface area (Å²) in [6, 6.07) is 13.2. The van der Waals surface area contributed by atoms with Crippen LogP contribution in [0.25, 0.3) is 11.3 Å². The molecule has 0 radical (unpaired) electrons. The Morgan fingerprint density at radius 2 is 1.91 bits per heavy atom. The predicted octanol–water partition coefficient (Wildman–Crippen LogP) is 3.31. The number of anilines is 1. The number of carbonyl (C=O) groups is 1. The van der Waals surface area contributed by atoms with Gasteiger partial charge in [0.05, 0.1) is 11.1 Å². The van der Waals surface area contributed by atoms with Gasteiger partial charge in [-0.2, -0.15) is 0 Å². The van der Waals surface area contributed by atoms with Crippen molar-refractivity contribution in [3.05, 3.63) is 53.9 Å². The molecule has 1 N–H and O–H groups in total. The summed E-state index contributed by atoms with van der Waals surface area (Å²) in [7, 11) is 0. The van der Waals surface area contributed by atoms with Crippen molar-refractivity contribution < 1.29 is 13.8 Å². The molecule has 4 rings (SSSR count). The standard InChI is InChI=1S/C17H15N3O3/c1-11-9-15(20-22-11)18-16(21)17(7-8-17)14-10-13(23-19-14)12-5-3-2-4-6-12/h2-6,9-10H,7-8H2,1H3,(H,18,20,21). The van der Waals surface area contributed by atoms with Gasteiger partial charge in [0, 0.05) is 17.7 Å². The maximum Gasteiger partial charge on any atom is 0.238 e. The molecule has 2 aromatic heterocycles. The normalized spacial score (nSPS) is 15.3. The summed E-state index contributed by atoms with van der Waals surface area (Å²) in [5.41, 5.74) is 0.979. The third-order valence-electron chi connectivity index (χ3n) is 4.11. The molecule has 0 aliphatic heterocycles. The highest BCUT2D eigenvalue weighted by Crippen LogP contribution is 2.49. The summed E-state index contributed by atoms with van der Waals surface area (Å²) in [6.07, 6.45) is 1.49. The molecule has 3 aromatic rings. The van der Waals surface area contributed by atoms with Crippen LogP contribution in [0.3, 0.4) is 0 Å². The molecule has 1 saturated carbocycles. The fraction of sp³-hybridized carbons (Fsp3) is 0.235.